The molecule has 0 radical (unpaired) electrons. The summed E-state index contributed by atoms with van der Waals surface area (Å²) in [4.78, 5) is 55.7. The van der Waals surface area contributed by atoms with Crippen LogP contribution in [0.25, 0.3) is 0 Å². The van der Waals surface area contributed by atoms with Gasteiger partial charge in [0.15, 0.2) is 14.6 Å². The van der Waals surface area contributed by atoms with Gasteiger partial charge in [0.05, 0.1) is 25.5 Å². The molecule has 12 nitrogen and oxygen atoms in total. The summed E-state index contributed by atoms with van der Waals surface area (Å²) in [6, 6.07) is -2.04. The van der Waals surface area contributed by atoms with Gasteiger partial charge in [0.2, 0.25) is 11.8 Å². The van der Waals surface area contributed by atoms with Crippen LogP contribution >= 0.6 is 0 Å². The average molecular weight is 1180 g/mol. The largest absolute Gasteiger partial charge is 0.462 e. The summed E-state index contributed by atoms with van der Waals surface area (Å²) >= 11 is 0. The van der Waals surface area contributed by atoms with Crippen LogP contribution in [0.5, 0.6) is 0 Å². The molecule has 484 valence electrons. The summed E-state index contributed by atoms with van der Waals surface area (Å²) in [5.41, 5.74) is 0. The van der Waals surface area contributed by atoms with Crippen LogP contribution in [0.15, 0.2) is 0 Å². The first-order chi connectivity index (χ1) is 39.5. The van der Waals surface area contributed by atoms with E-state index in [9.17, 15) is 24.3 Å². The van der Waals surface area contributed by atoms with Gasteiger partial charge >= 0.3 is 11.9 Å². The number of carbonyl (C=O) groups is 4. The number of hydrogen-bond acceptors (Lipinski definition) is 10. The van der Waals surface area contributed by atoms with E-state index in [0.29, 0.717) is 25.7 Å². The van der Waals surface area contributed by atoms with E-state index in [4.69, 9.17) is 23.4 Å². The Bertz CT molecular complexity index is 1540. The third kappa shape index (κ3) is 40.3. The Balaban J connectivity index is 3.26. The van der Waals surface area contributed by atoms with Crippen molar-refractivity contribution in [2.75, 3.05) is 13.7 Å². The van der Waals surface area contributed by atoms with Gasteiger partial charge in [-0.3, -0.25) is 19.2 Å². The monoisotopic (exact) mass is 1180 g/mol. The molecule has 1 fully saturated rings. The molecule has 0 aromatic heterocycles. The highest BCUT2D eigenvalue weighted by molar-refractivity contribution is 6.74. The average Bonchev–Trinajstić information content (AvgIpc) is 3.49. The fourth-order valence-corrected chi connectivity index (χ4v) is 12.2. The normalized spacial score (nSPS) is 18.3. The molecule has 0 spiro atoms. The fraction of sp³-hybridized carbons (Fsp3) is 0.942. The number of nitrogens with one attached hydrogen (secondary N) is 2. The number of hydrogen-bond donors (Lipinski definition) is 3. The van der Waals surface area contributed by atoms with Crippen LogP contribution in [0, 0.1) is 0 Å². The van der Waals surface area contributed by atoms with Crippen molar-refractivity contribution in [1.29, 1.82) is 0 Å². The second-order valence-corrected chi connectivity index (χ2v) is 31.3. The Kier molecular flexibility index (Phi) is 48.5. The second kappa shape index (κ2) is 51.0. The number of aliphatic hydroxyl groups is 1. The highest BCUT2D eigenvalue weighted by Crippen LogP contribution is 2.37. The van der Waals surface area contributed by atoms with Gasteiger partial charge in [0, 0.05) is 20.0 Å². The van der Waals surface area contributed by atoms with Crippen LogP contribution in [-0.4, -0.2) is 93.7 Å². The predicted octanol–water partition coefficient (Wildman–Crippen LogP) is 18.6. The molecule has 1 aliphatic heterocycles. The third-order valence-corrected chi connectivity index (χ3v) is 22.2. The van der Waals surface area contributed by atoms with E-state index >= 15 is 0 Å². The SMILES string of the molecule is CCCCCCCCCCCCCC(=O)O[C@H](CCCCCCCCCCC)CC(=O)N[C@H]1[C@H](OC)O[C@H](CO[Si](C)(C)C(C)(C)C)[C@@H](O)[C@@H]1NC(=O)C[C@@H](CCCCCCCCCCC)OC(=O)CCCCCCCCCCCCC. The summed E-state index contributed by atoms with van der Waals surface area (Å²) in [6.45, 7) is 19.8. The summed E-state index contributed by atoms with van der Waals surface area (Å²) in [7, 11) is -0.810. The van der Waals surface area contributed by atoms with Crippen LogP contribution in [0.2, 0.25) is 18.1 Å². The van der Waals surface area contributed by atoms with Gasteiger partial charge in [0.1, 0.15) is 30.5 Å². The molecule has 3 N–H and O–H groups in total. The third-order valence-electron chi connectivity index (χ3n) is 17.7. The number of methoxy groups -OCH3 is 1. The van der Waals surface area contributed by atoms with E-state index < -0.39 is 57.0 Å². The quantitative estimate of drug-likeness (QED) is 0.0304. The molecule has 0 bridgehead atoms. The van der Waals surface area contributed by atoms with Gasteiger partial charge in [-0.05, 0) is 56.7 Å². The smallest absolute Gasteiger partial charge is 0.306 e. The molecule has 0 saturated carbocycles. The lowest BCUT2D eigenvalue weighted by Gasteiger charge is -2.46. The number of unbranched alkanes of at least 4 members (excludes halogenated alkanes) is 36. The number of amides is 2. The van der Waals surface area contributed by atoms with Crippen LogP contribution < -0.4 is 10.6 Å². The van der Waals surface area contributed by atoms with Crippen LogP contribution in [0.4, 0.5) is 0 Å². The predicted molar refractivity (Wildman–Crippen MR) is 344 cm³/mol. The molecule has 2 amide bonds. The zero-order valence-corrected chi connectivity index (χ0v) is 56.4. The first-order valence-electron chi connectivity index (χ1n) is 35.0. The lowest BCUT2D eigenvalue weighted by Crippen LogP contribution is -2.70. The van der Waals surface area contributed by atoms with E-state index in [1.807, 2.05) is 0 Å². The zero-order chi connectivity index (χ0) is 60.5. The lowest BCUT2D eigenvalue weighted by molar-refractivity contribution is -0.240. The Morgan fingerprint density at radius 3 is 1.06 bits per heavy atom. The molecule has 1 aliphatic rings. The first kappa shape index (κ1) is 77.9. The molecule has 0 aromatic rings. The zero-order valence-electron chi connectivity index (χ0n) is 55.4. The number of carbonyl (C=O) groups excluding carboxylic acids is 4. The number of ether oxygens (including phenoxy) is 4. The Morgan fingerprint density at radius 1 is 0.463 bits per heavy atom. The Hall–Kier alpha value is -2.06. The van der Waals surface area contributed by atoms with Gasteiger partial charge in [-0.2, -0.15) is 0 Å². The van der Waals surface area contributed by atoms with Gasteiger partial charge in [-0.1, -0.05) is 280 Å². The molecule has 0 aliphatic carbocycles. The van der Waals surface area contributed by atoms with Crippen molar-refractivity contribution < 1.29 is 47.7 Å². The summed E-state index contributed by atoms with van der Waals surface area (Å²) < 4.78 is 31.2. The maximum absolute atomic E-state index is 14.4. The number of rotatable bonds is 56. The maximum atomic E-state index is 14.4. The number of esters is 2. The Labute approximate surface area is 506 Å². The van der Waals surface area contributed by atoms with Crippen LogP contribution in [0.1, 0.15) is 344 Å². The van der Waals surface area contributed by atoms with Crippen molar-refractivity contribution in [3.05, 3.63) is 0 Å². The molecule has 0 unspecified atom stereocenters. The van der Waals surface area contributed by atoms with Crippen LogP contribution in [-0.2, 0) is 42.6 Å². The van der Waals surface area contributed by atoms with Crippen molar-refractivity contribution in [2.24, 2.45) is 0 Å². The fourth-order valence-electron chi connectivity index (χ4n) is 11.2. The van der Waals surface area contributed by atoms with Crippen molar-refractivity contribution in [3.8, 4) is 0 Å². The van der Waals surface area contributed by atoms with Gasteiger partial charge in [-0.15, -0.1) is 0 Å². The van der Waals surface area contributed by atoms with Gasteiger partial charge in [-0.25, -0.2) is 0 Å². The minimum absolute atomic E-state index is 0.0678. The number of aliphatic hydroxyl groups excluding tert-OH is 1. The molecular formula is C69H134N2O10Si. The van der Waals surface area contributed by atoms with Crippen molar-refractivity contribution in [3.63, 3.8) is 0 Å². The summed E-state index contributed by atoms with van der Waals surface area (Å²) in [5.74, 6) is -1.34. The minimum Gasteiger partial charge on any atom is -0.462 e. The molecule has 1 rings (SSSR count). The molecule has 1 heterocycles. The van der Waals surface area contributed by atoms with E-state index in [2.05, 4.69) is 72.2 Å². The second-order valence-electron chi connectivity index (χ2n) is 26.5. The summed E-state index contributed by atoms with van der Waals surface area (Å²) in [5, 5.41) is 18.3. The van der Waals surface area contributed by atoms with Gasteiger partial charge < -0.3 is 39.1 Å². The van der Waals surface area contributed by atoms with E-state index in [0.717, 1.165) is 77.0 Å². The van der Waals surface area contributed by atoms with Crippen LogP contribution in [0.3, 0.4) is 0 Å². The van der Waals surface area contributed by atoms with Gasteiger partial charge in [0.25, 0.3) is 0 Å². The lowest BCUT2D eigenvalue weighted by atomic mass is 9.93. The maximum Gasteiger partial charge on any atom is 0.306 e. The standard InChI is InChI=1S/C69H134N2O10Si/c1-11-15-19-23-27-31-33-37-41-45-49-53-63(74)79-58(51-47-43-39-35-29-25-21-17-13-3)55-61(72)70-65-66(68(77-8)81-60(67(65)76)57-78-82(9,10)69(5,6)7)71-62(73)56-59(52-48-44-40-36-30-26-22-18-14-4)80-64(75)54-50-46-42-38-34-32-28-24-20-16-12-2/h58-60,65-68,76H,11-57H2,1-10H3,(H,70,72)(H,71,73)/t58-,59-,60-,65-,66-,67-,68-/m1/s1. The highest BCUT2D eigenvalue weighted by atomic mass is 28.4. The summed E-state index contributed by atoms with van der Waals surface area (Å²) in [6.07, 6.45) is 44.1. The van der Waals surface area contributed by atoms with Crippen molar-refractivity contribution >= 4 is 32.1 Å². The van der Waals surface area contributed by atoms with Crippen molar-refractivity contribution in [1.82, 2.24) is 10.6 Å². The van der Waals surface area contributed by atoms with Crippen molar-refractivity contribution in [2.45, 2.75) is 405 Å². The molecule has 0 aromatic carbocycles. The highest BCUT2D eigenvalue weighted by Gasteiger charge is 2.48. The first-order valence-corrected chi connectivity index (χ1v) is 37.9. The molecule has 82 heavy (non-hydrogen) atoms. The molecule has 1 saturated heterocycles. The van der Waals surface area contributed by atoms with E-state index in [1.165, 1.54) is 187 Å². The van der Waals surface area contributed by atoms with E-state index in [-0.39, 0.29) is 42.3 Å². The minimum atomic E-state index is -2.30. The molecular weight excluding hydrogens is 1040 g/mol. The van der Waals surface area contributed by atoms with E-state index in [1.54, 1.807) is 0 Å². The Morgan fingerprint density at radius 2 is 0.756 bits per heavy atom. The topological polar surface area (TPSA) is 159 Å². The molecule has 7 atom stereocenters. The molecule has 13 heteroatoms.